The van der Waals surface area contributed by atoms with Crippen molar-refractivity contribution in [2.45, 2.75) is 51.6 Å². The highest BCUT2D eigenvalue weighted by Crippen LogP contribution is 2.20. The van der Waals surface area contributed by atoms with E-state index < -0.39 is 0 Å². The Morgan fingerprint density at radius 1 is 1.58 bits per heavy atom. The fraction of sp³-hybridized carbons (Fsp3) is 0.800. The van der Waals surface area contributed by atoms with Gasteiger partial charge in [0.1, 0.15) is 0 Å². The van der Waals surface area contributed by atoms with E-state index in [2.05, 4.69) is 41.2 Å². The van der Waals surface area contributed by atoms with Crippen LogP contribution in [0.1, 0.15) is 44.8 Å². The molecule has 19 heavy (non-hydrogen) atoms. The minimum Gasteiger partial charge on any atom is -0.381 e. The summed E-state index contributed by atoms with van der Waals surface area (Å²) in [7, 11) is 2.05. The van der Waals surface area contributed by atoms with Gasteiger partial charge in [0, 0.05) is 37.9 Å². The van der Waals surface area contributed by atoms with Gasteiger partial charge >= 0.3 is 0 Å². The summed E-state index contributed by atoms with van der Waals surface area (Å²) in [6.45, 7) is 6.27. The Bertz CT molecular complexity index is 371. The van der Waals surface area contributed by atoms with Crippen LogP contribution in [0.25, 0.3) is 0 Å². The largest absolute Gasteiger partial charge is 0.381 e. The summed E-state index contributed by atoms with van der Waals surface area (Å²) in [6, 6.07) is 3.15. The third kappa shape index (κ3) is 4.05. The van der Waals surface area contributed by atoms with Crippen LogP contribution < -0.4 is 5.32 Å². The van der Waals surface area contributed by atoms with Crippen molar-refractivity contribution in [1.29, 1.82) is 0 Å². The Balaban J connectivity index is 1.88. The first kappa shape index (κ1) is 14.5. The van der Waals surface area contributed by atoms with Gasteiger partial charge in [0.15, 0.2) is 0 Å². The van der Waals surface area contributed by atoms with Gasteiger partial charge in [0.2, 0.25) is 0 Å². The van der Waals surface area contributed by atoms with Crippen LogP contribution in [-0.4, -0.2) is 36.1 Å². The minimum atomic E-state index is 0.491. The SMILES string of the molecule is CCC(C)n1ccc(CC(CC2CCOC2)NC)n1. The lowest BCUT2D eigenvalue weighted by atomic mass is 9.96. The van der Waals surface area contributed by atoms with Crippen molar-refractivity contribution in [3.8, 4) is 0 Å². The highest BCUT2D eigenvalue weighted by molar-refractivity contribution is 5.02. The third-order valence-corrected chi connectivity index (χ3v) is 4.21. The zero-order valence-electron chi connectivity index (χ0n) is 12.4. The van der Waals surface area contributed by atoms with Crippen molar-refractivity contribution in [3.63, 3.8) is 0 Å². The molecule has 1 aliphatic rings. The predicted octanol–water partition coefficient (Wildman–Crippen LogP) is 2.41. The number of rotatable bonds is 7. The van der Waals surface area contributed by atoms with Gasteiger partial charge in [-0.25, -0.2) is 0 Å². The molecule has 1 saturated heterocycles. The maximum absolute atomic E-state index is 5.46. The second-order valence-corrected chi connectivity index (χ2v) is 5.70. The summed E-state index contributed by atoms with van der Waals surface area (Å²) >= 11 is 0. The van der Waals surface area contributed by atoms with E-state index in [9.17, 15) is 0 Å². The van der Waals surface area contributed by atoms with Crippen LogP contribution in [0.4, 0.5) is 0 Å². The van der Waals surface area contributed by atoms with Crippen LogP contribution in [0.3, 0.4) is 0 Å². The third-order valence-electron chi connectivity index (χ3n) is 4.21. The quantitative estimate of drug-likeness (QED) is 0.823. The molecule has 0 aromatic carbocycles. The number of likely N-dealkylation sites (N-methyl/N-ethyl adjacent to an activating group) is 1. The average molecular weight is 265 g/mol. The fourth-order valence-corrected chi connectivity index (χ4v) is 2.65. The Labute approximate surface area is 116 Å². The van der Waals surface area contributed by atoms with E-state index in [1.165, 1.54) is 18.5 Å². The molecule has 0 radical (unpaired) electrons. The first-order valence-corrected chi connectivity index (χ1v) is 7.52. The fourth-order valence-electron chi connectivity index (χ4n) is 2.65. The predicted molar refractivity (Wildman–Crippen MR) is 77.3 cm³/mol. The number of nitrogens with zero attached hydrogens (tertiary/aromatic N) is 2. The van der Waals surface area contributed by atoms with Crippen molar-refractivity contribution < 1.29 is 4.74 Å². The molecule has 0 saturated carbocycles. The molecule has 0 spiro atoms. The molecule has 0 aliphatic carbocycles. The smallest absolute Gasteiger partial charge is 0.0640 e. The Hall–Kier alpha value is -0.870. The number of aromatic nitrogens is 2. The minimum absolute atomic E-state index is 0.491. The van der Waals surface area contributed by atoms with Crippen LogP contribution in [0.5, 0.6) is 0 Å². The molecular weight excluding hydrogens is 238 g/mol. The molecule has 2 heterocycles. The summed E-state index contributed by atoms with van der Waals surface area (Å²) in [5.41, 5.74) is 1.19. The lowest BCUT2D eigenvalue weighted by Crippen LogP contribution is -2.30. The Kier molecular flexibility index (Phi) is 5.40. The van der Waals surface area contributed by atoms with Crippen LogP contribution in [0.2, 0.25) is 0 Å². The first-order chi connectivity index (χ1) is 9.22. The molecular formula is C15H27N3O. The molecule has 1 aromatic heterocycles. The molecule has 1 fully saturated rings. The Morgan fingerprint density at radius 2 is 2.42 bits per heavy atom. The van der Waals surface area contributed by atoms with Crippen molar-refractivity contribution in [2.24, 2.45) is 5.92 Å². The van der Waals surface area contributed by atoms with Gasteiger partial charge in [0.25, 0.3) is 0 Å². The molecule has 3 unspecified atom stereocenters. The molecule has 4 nitrogen and oxygen atoms in total. The summed E-state index contributed by atoms with van der Waals surface area (Å²) in [4.78, 5) is 0. The van der Waals surface area contributed by atoms with Gasteiger partial charge in [0.05, 0.1) is 5.69 Å². The number of hydrogen-bond acceptors (Lipinski definition) is 3. The lowest BCUT2D eigenvalue weighted by molar-refractivity contribution is 0.181. The normalized spacial score (nSPS) is 22.6. The van der Waals surface area contributed by atoms with Gasteiger partial charge in [-0.2, -0.15) is 5.10 Å². The number of ether oxygens (including phenoxy) is 1. The standard InChI is InChI=1S/C15H27N3O/c1-4-12(2)18-7-5-14(17-18)10-15(16-3)9-13-6-8-19-11-13/h5,7,12-13,15-16H,4,6,8-11H2,1-3H3. The molecule has 108 valence electrons. The number of hydrogen-bond donors (Lipinski definition) is 1. The van der Waals surface area contributed by atoms with Gasteiger partial charge in [-0.05, 0) is 45.2 Å². The van der Waals surface area contributed by atoms with Crippen LogP contribution >= 0.6 is 0 Å². The molecule has 1 aliphatic heterocycles. The highest BCUT2D eigenvalue weighted by Gasteiger charge is 2.20. The second-order valence-electron chi connectivity index (χ2n) is 5.70. The van der Waals surface area contributed by atoms with Gasteiger partial charge in [-0.3, -0.25) is 4.68 Å². The van der Waals surface area contributed by atoms with E-state index in [0.717, 1.165) is 26.1 Å². The van der Waals surface area contributed by atoms with Gasteiger partial charge < -0.3 is 10.1 Å². The molecule has 4 heteroatoms. The van der Waals surface area contributed by atoms with Gasteiger partial charge in [-0.15, -0.1) is 0 Å². The molecule has 0 bridgehead atoms. The highest BCUT2D eigenvalue weighted by atomic mass is 16.5. The maximum atomic E-state index is 5.46. The zero-order valence-corrected chi connectivity index (χ0v) is 12.4. The van der Waals surface area contributed by atoms with E-state index in [4.69, 9.17) is 4.74 Å². The zero-order chi connectivity index (χ0) is 13.7. The van der Waals surface area contributed by atoms with Crippen LogP contribution in [0, 0.1) is 5.92 Å². The van der Waals surface area contributed by atoms with Crippen LogP contribution in [-0.2, 0) is 11.2 Å². The molecule has 2 rings (SSSR count). The second kappa shape index (κ2) is 7.06. The lowest BCUT2D eigenvalue weighted by Gasteiger charge is -2.18. The Morgan fingerprint density at radius 3 is 3.05 bits per heavy atom. The van der Waals surface area contributed by atoms with E-state index in [-0.39, 0.29) is 0 Å². The summed E-state index contributed by atoms with van der Waals surface area (Å²) in [5, 5.41) is 8.11. The van der Waals surface area contributed by atoms with E-state index in [0.29, 0.717) is 18.0 Å². The topological polar surface area (TPSA) is 39.1 Å². The van der Waals surface area contributed by atoms with Crippen molar-refractivity contribution in [3.05, 3.63) is 18.0 Å². The van der Waals surface area contributed by atoms with E-state index >= 15 is 0 Å². The summed E-state index contributed by atoms with van der Waals surface area (Å²) < 4.78 is 7.54. The molecule has 1 aromatic rings. The van der Waals surface area contributed by atoms with Crippen LogP contribution in [0.15, 0.2) is 12.3 Å². The summed E-state index contributed by atoms with van der Waals surface area (Å²) in [5.74, 6) is 0.717. The van der Waals surface area contributed by atoms with E-state index in [1.807, 2.05) is 7.05 Å². The maximum Gasteiger partial charge on any atom is 0.0640 e. The van der Waals surface area contributed by atoms with Gasteiger partial charge in [-0.1, -0.05) is 6.92 Å². The van der Waals surface area contributed by atoms with E-state index in [1.54, 1.807) is 0 Å². The summed E-state index contributed by atoms with van der Waals surface area (Å²) in [6.07, 6.45) is 6.63. The monoisotopic (exact) mass is 265 g/mol. The van der Waals surface area contributed by atoms with Crippen molar-refractivity contribution in [1.82, 2.24) is 15.1 Å². The molecule has 1 N–H and O–H groups in total. The first-order valence-electron chi connectivity index (χ1n) is 7.52. The van der Waals surface area contributed by atoms with Crippen molar-refractivity contribution in [2.75, 3.05) is 20.3 Å². The molecule has 3 atom stereocenters. The average Bonchev–Trinajstić information content (AvgIpc) is 3.08. The van der Waals surface area contributed by atoms with Crippen molar-refractivity contribution >= 4 is 0 Å². The number of nitrogens with one attached hydrogen (secondary N) is 1. The molecule has 0 amide bonds.